The molecule has 8 nitrogen and oxygen atoms in total. The molecule has 0 radical (unpaired) electrons. The molecule has 0 atom stereocenters. The maximum Gasteiger partial charge on any atom is 0.279 e. The quantitative estimate of drug-likeness (QED) is 0.590. The Balaban J connectivity index is 1.55. The molecule has 1 N–H and O–H groups in total. The minimum Gasteiger partial charge on any atom is -0.463 e. The first kappa shape index (κ1) is 15.7. The number of hydrogen-bond donors (Lipinski definition) is 1. The van der Waals surface area contributed by atoms with Gasteiger partial charge in [0, 0.05) is 16.5 Å². The number of thiazole rings is 2. The Kier molecular flexibility index (Phi) is 3.90. The Morgan fingerprint density at radius 2 is 2.24 bits per heavy atom. The van der Waals surface area contributed by atoms with E-state index < -0.39 is 0 Å². The van der Waals surface area contributed by atoms with Gasteiger partial charge >= 0.3 is 0 Å². The van der Waals surface area contributed by atoms with E-state index in [0.29, 0.717) is 27.4 Å². The van der Waals surface area contributed by atoms with Crippen LogP contribution < -0.4 is 5.32 Å². The molecule has 0 aromatic carbocycles. The molecule has 0 unspecified atom stereocenters. The molecule has 0 saturated carbocycles. The number of nitrogens with one attached hydrogen (secondary N) is 1. The highest BCUT2D eigenvalue weighted by atomic mass is 32.1. The Hall–Kier alpha value is -2.85. The van der Waals surface area contributed by atoms with Gasteiger partial charge in [0.05, 0.1) is 12.0 Å². The van der Waals surface area contributed by atoms with Crippen LogP contribution in [0, 0.1) is 13.8 Å². The number of hydrogen-bond acceptors (Lipinski definition) is 8. The maximum atomic E-state index is 12.5. The van der Waals surface area contributed by atoms with Crippen LogP contribution in [0.2, 0.25) is 0 Å². The van der Waals surface area contributed by atoms with Crippen molar-refractivity contribution in [2.24, 2.45) is 0 Å². The van der Waals surface area contributed by atoms with Crippen LogP contribution in [0.5, 0.6) is 0 Å². The smallest absolute Gasteiger partial charge is 0.279 e. The molecule has 4 aromatic rings. The van der Waals surface area contributed by atoms with Crippen molar-refractivity contribution in [3.8, 4) is 16.6 Å². The van der Waals surface area contributed by atoms with Crippen molar-refractivity contribution in [3.63, 3.8) is 0 Å². The lowest BCUT2D eigenvalue weighted by Crippen LogP contribution is -2.14. The number of rotatable bonds is 4. The first-order valence-electron chi connectivity index (χ1n) is 7.27. The lowest BCUT2D eigenvalue weighted by Gasteiger charge is -2.00. The van der Waals surface area contributed by atoms with Gasteiger partial charge in [0.25, 0.3) is 5.91 Å². The molecule has 4 heterocycles. The second-order valence-corrected chi connectivity index (χ2v) is 7.23. The van der Waals surface area contributed by atoms with Gasteiger partial charge in [-0.25, -0.2) is 9.97 Å². The molecular weight excluding hydrogens is 360 g/mol. The van der Waals surface area contributed by atoms with Gasteiger partial charge in [-0.3, -0.25) is 10.1 Å². The van der Waals surface area contributed by atoms with Crippen LogP contribution in [0.3, 0.4) is 0 Å². The van der Waals surface area contributed by atoms with Crippen molar-refractivity contribution in [2.75, 3.05) is 5.32 Å². The van der Waals surface area contributed by atoms with Crippen LogP contribution in [0.4, 0.5) is 5.13 Å². The summed E-state index contributed by atoms with van der Waals surface area (Å²) in [5.74, 6) is 0.287. The number of carbonyl (C=O) groups is 1. The molecule has 0 aliphatic heterocycles. The van der Waals surface area contributed by atoms with E-state index in [1.165, 1.54) is 22.7 Å². The topological polar surface area (TPSA) is 98.7 Å². The Morgan fingerprint density at radius 1 is 1.36 bits per heavy atom. The number of carbonyl (C=O) groups excluding carboxylic acids is 1. The summed E-state index contributed by atoms with van der Waals surface area (Å²) in [5, 5.41) is 13.7. The highest BCUT2D eigenvalue weighted by Gasteiger charge is 2.20. The summed E-state index contributed by atoms with van der Waals surface area (Å²) < 4.78 is 6.85. The van der Waals surface area contributed by atoms with Gasteiger partial charge in [0.15, 0.2) is 16.6 Å². The van der Waals surface area contributed by atoms with Crippen molar-refractivity contribution < 1.29 is 9.21 Å². The average molecular weight is 372 g/mol. The lowest BCUT2D eigenvalue weighted by molar-refractivity contribution is 0.102. The SMILES string of the molecule is Cc1cnc(-n2nnc(C(=O)Nc3nc(-c4ccco4)cs3)c2C)s1. The molecule has 0 spiro atoms. The fourth-order valence-corrected chi connectivity index (χ4v) is 3.64. The molecule has 4 aromatic heterocycles. The van der Waals surface area contributed by atoms with Gasteiger partial charge in [-0.2, -0.15) is 4.68 Å². The number of amides is 1. The van der Waals surface area contributed by atoms with Crippen molar-refractivity contribution in [3.05, 3.63) is 46.2 Å². The van der Waals surface area contributed by atoms with E-state index in [1.807, 2.05) is 18.4 Å². The van der Waals surface area contributed by atoms with E-state index in [-0.39, 0.29) is 11.6 Å². The predicted octanol–water partition coefficient (Wildman–Crippen LogP) is 3.31. The molecule has 25 heavy (non-hydrogen) atoms. The van der Waals surface area contributed by atoms with Crippen molar-refractivity contribution in [2.45, 2.75) is 13.8 Å². The van der Waals surface area contributed by atoms with Gasteiger partial charge in [0.2, 0.25) is 5.13 Å². The van der Waals surface area contributed by atoms with Gasteiger partial charge in [-0.1, -0.05) is 5.21 Å². The van der Waals surface area contributed by atoms with E-state index >= 15 is 0 Å². The zero-order chi connectivity index (χ0) is 17.4. The third-order valence-corrected chi connectivity index (χ3v) is 5.04. The van der Waals surface area contributed by atoms with Gasteiger partial charge in [-0.05, 0) is 26.0 Å². The molecule has 10 heteroatoms. The highest BCUT2D eigenvalue weighted by molar-refractivity contribution is 7.14. The normalized spacial score (nSPS) is 11.0. The van der Waals surface area contributed by atoms with Crippen LogP contribution in [0.25, 0.3) is 16.6 Å². The van der Waals surface area contributed by atoms with Crippen LogP contribution in [0.15, 0.2) is 34.4 Å². The summed E-state index contributed by atoms with van der Waals surface area (Å²) in [7, 11) is 0. The zero-order valence-corrected chi connectivity index (χ0v) is 14.9. The van der Waals surface area contributed by atoms with Crippen molar-refractivity contribution in [1.29, 1.82) is 0 Å². The summed E-state index contributed by atoms with van der Waals surface area (Å²) in [4.78, 5) is 22.1. The first-order chi connectivity index (χ1) is 12.1. The van der Waals surface area contributed by atoms with Crippen LogP contribution in [0.1, 0.15) is 21.1 Å². The van der Waals surface area contributed by atoms with Crippen molar-refractivity contribution in [1.82, 2.24) is 25.0 Å². The monoisotopic (exact) mass is 372 g/mol. The minimum atomic E-state index is -0.364. The molecule has 0 saturated heterocycles. The molecule has 0 bridgehead atoms. The maximum absolute atomic E-state index is 12.5. The molecule has 1 amide bonds. The molecule has 0 aliphatic carbocycles. The van der Waals surface area contributed by atoms with Crippen LogP contribution in [-0.4, -0.2) is 30.9 Å². The van der Waals surface area contributed by atoms with E-state index in [2.05, 4.69) is 25.6 Å². The number of anilines is 1. The fraction of sp³-hybridized carbons (Fsp3) is 0.133. The van der Waals surface area contributed by atoms with E-state index in [1.54, 1.807) is 30.1 Å². The number of furan rings is 1. The Morgan fingerprint density at radius 3 is 2.96 bits per heavy atom. The number of aromatic nitrogens is 5. The summed E-state index contributed by atoms with van der Waals surface area (Å²) in [6.07, 6.45) is 3.33. The summed E-state index contributed by atoms with van der Waals surface area (Å²) in [5.41, 5.74) is 1.53. The number of nitrogens with zero attached hydrogens (tertiary/aromatic N) is 5. The third kappa shape index (κ3) is 2.96. The molecule has 4 rings (SSSR count). The van der Waals surface area contributed by atoms with Gasteiger partial charge < -0.3 is 4.42 Å². The van der Waals surface area contributed by atoms with Gasteiger partial charge in [-0.15, -0.1) is 27.8 Å². The predicted molar refractivity (Wildman–Crippen MR) is 94.3 cm³/mol. The molecule has 126 valence electrons. The van der Waals surface area contributed by atoms with Crippen LogP contribution in [-0.2, 0) is 0 Å². The largest absolute Gasteiger partial charge is 0.463 e. The van der Waals surface area contributed by atoms with Crippen LogP contribution >= 0.6 is 22.7 Å². The molecule has 0 fully saturated rings. The standard InChI is InChI=1S/C15H12N6O2S2/c1-8-6-16-15(25-8)21-9(2)12(19-20-21)13(22)18-14-17-10(7-24-14)11-4-3-5-23-11/h3-7H,1-2H3,(H,17,18,22). The fourth-order valence-electron chi connectivity index (χ4n) is 2.19. The molecule has 0 aliphatic rings. The summed E-state index contributed by atoms with van der Waals surface area (Å²) >= 11 is 2.80. The first-order valence-corrected chi connectivity index (χ1v) is 8.97. The zero-order valence-electron chi connectivity index (χ0n) is 13.3. The second-order valence-electron chi connectivity index (χ2n) is 5.16. The average Bonchev–Trinajstić information content (AvgIpc) is 3.33. The molecular formula is C15H12N6O2S2. The number of aryl methyl sites for hydroxylation is 1. The van der Waals surface area contributed by atoms with E-state index in [0.717, 1.165) is 4.88 Å². The summed E-state index contributed by atoms with van der Waals surface area (Å²) in [6.45, 7) is 3.74. The van der Waals surface area contributed by atoms with Crippen molar-refractivity contribution >= 4 is 33.7 Å². The Bertz CT molecular complexity index is 1030. The van der Waals surface area contributed by atoms with E-state index in [4.69, 9.17) is 4.42 Å². The van der Waals surface area contributed by atoms with E-state index in [9.17, 15) is 4.79 Å². The van der Waals surface area contributed by atoms with Gasteiger partial charge in [0.1, 0.15) is 5.69 Å². The Labute approximate surface area is 150 Å². The minimum absolute atomic E-state index is 0.239. The summed E-state index contributed by atoms with van der Waals surface area (Å²) in [6, 6.07) is 3.60. The second kappa shape index (κ2) is 6.22. The third-order valence-electron chi connectivity index (χ3n) is 3.40. The highest BCUT2D eigenvalue weighted by Crippen LogP contribution is 2.25. The lowest BCUT2D eigenvalue weighted by atomic mass is 10.3.